The Morgan fingerprint density at radius 1 is 1.00 bits per heavy atom. The van der Waals surface area contributed by atoms with E-state index in [1.807, 2.05) is 50.2 Å². The third kappa shape index (κ3) is 6.87. The maximum atomic E-state index is 6.20. The predicted octanol–water partition coefficient (Wildman–Crippen LogP) is 5.48. The Balaban J connectivity index is 1.86. The van der Waals surface area contributed by atoms with E-state index in [9.17, 15) is 0 Å². The van der Waals surface area contributed by atoms with Gasteiger partial charge in [-0.25, -0.2) is 0 Å². The lowest BCUT2D eigenvalue weighted by Gasteiger charge is -2.14. The summed E-state index contributed by atoms with van der Waals surface area (Å²) in [5, 5.41) is 4.66. The van der Waals surface area contributed by atoms with Crippen molar-refractivity contribution in [3.63, 3.8) is 0 Å². The standard InChI is InChI=1S/C20H25Cl2NO2/c1-15(2)24-12-6-11-23-13-16-7-3-4-10-20(16)25-14-17-18(21)8-5-9-19(17)22/h3-5,7-10,15,23H,6,11-14H2,1-2H3. The van der Waals surface area contributed by atoms with E-state index in [0.717, 1.165) is 43.0 Å². The van der Waals surface area contributed by atoms with Crippen LogP contribution in [0.2, 0.25) is 10.0 Å². The Bertz CT molecular complexity index is 642. The van der Waals surface area contributed by atoms with E-state index < -0.39 is 0 Å². The van der Waals surface area contributed by atoms with Crippen molar-refractivity contribution in [2.45, 2.75) is 39.5 Å². The molecule has 0 fully saturated rings. The van der Waals surface area contributed by atoms with E-state index in [2.05, 4.69) is 11.4 Å². The van der Waals surface area contributed by atoms with Crippen LogP contribution >= 0.6 is 23.2 Å². The van der Waals surface area contributed by atoms with Crippen LogP contribution in [0, 0.1) is 0 Å². The number of benzene rings is 2. The molecular weight excluding hydrogens is 357 g/mol. The lowest BCUT2D eigenvalue weighted by atomic mass is 10.2. The molecule has 0 atom stereocenters. The van der Waals surface area contributed by atoms with Crippen molar-refractivity contribution in [1.29, 1.82) is 0 Å². The van der Waals surface area contributed by atoms with Gasteiger partial charge in [-0.2, -0.15) is 0 Å². The molecule has 5 heteroatoms. The van der Waals surface area contributed by atoms with Gasteiger partial charge in [-0.05, 0) is 45.0 Å². The minimum absolute atomic E-state index is 0.283. The lowest BCUT2D eigenvalue weighted by Crippen LogP contribution is -2.18. The summed E-state index contributed by atoms with van der Waals surface area (Å²) in [7, 11) is 0. The first kappa shape index (κ1) is 20.1. The van der Waals surface area contributed by atoms with Crippen LogP contribution in [-0.4, -0.2) is 19.3 Å². The Hall–Kier alpha value is -1.26. The van der Waals surface area contributed by atoms with Crippen molar-refractivity contribution < 1.29 is 9.47 Å². The highest BCUT2D eigenvalue weighted by molar-refractivity contribution is 6.35. The monoisotopic (exact) mass is 381 g/mol. The SMILES string of the molecule is CC(C)OCCCNCc1ccccc1OCc1c(Cl)cccc1Cl. The Labute approximate surface area is 160 Å². The molecule has 0 unspecified atom stereocenters. The molecule has 2 rings (SSSR count). The molecule has 3 nitrogen and oxygen atoms in total. The fourth-order valence-electron chi connectivity index (χ4n) is 2.35. The average Bonchev–Trinajstić information content (AvgIpc) is 2.58. The number of ether oxygens (including phenoxy) is 2. The first-order valence-corrected chi connectivity index (χ1v) is 9.29. The van der Waals surface area contributed by atoms with E-state index in [0.29, 0.717) is 16.7 Å². The van der Waals surface area contributed by atoms with Gasteiger partial charge < -0.3 is 14.8 Å². The Morgan fingerprint density at radius 3 is 2.44 bits per heavy atom. The van der Waals surface area contributed by atoms with Gasteiger partial charge in [0, 0.05) is 34.3 Å². The summed E-state index contributed by atoms with van der Waals surface area (Å²) < 4.78 is 11.5. The molecule has 0 radical (unpaired) electrons. The van der Waals surface area contributed by atoms with Gasteiger partial charge in [0.15, 0.2) is 0 Å². The number of rotatable bonds is 10. The molecule has 2 aromatic rings. The van der Waals surface area contributed by atoms with Crippen molar-refractivity contribution in [2.75, 3.05) is 13.2 Å². The number of hydrogen-bond donors (Lipinski definition) is 1. The molecule has 0 spiro atoms. The second kappa shape index (κ2) is 10.7. The van der Waals surface area contributed by atoms with Crippen LogP contribution in [-0.2, 0) is 17.9 Å². The van der Waals surface area contributed by atoms with E-state index in [1.165, 1.54) is 0 Å². The number of hydrogen-bond acceptors (Lipinski definition) is 3. The van der Waals surface area contributed by atoms with Gasteiger partial charge in [0.2, 0.25) is 0 Å². The molecule has 0 heterocycles. The molecule has 1 N–H and O–H groups in total. The van der Waals surface area contributed by atoms with Crippen LogP contribution in [0.1, 0.15) is 31.4 Å². The van der Waals surface area contributed by atoms with E-state index in [-0.39, 0.29) is 6.10 Å². The Kier molecular flexibility index (Phi) is 8.56. The maximum Gasteiger partial charge on any atom is 0.124 e. The molecule has 2 aromatic carbocycles. The molecule has 25 heavy (non-hydrogen) atoms. The minimum Gasteiger partial charge on any atom is -0.488 e. The zero-order chi connectivity index (χ0) is 18.1. The number of nitrogens with one attached hydrogen (secondary N) is 1. The summed E-state index contributed by atoms with van der Waals surface area (Å²) in [6.07, 6.45) is 1.27. The van der Waals surface area contributed by atoms with E-state index in [1.54, 1.807) is 0 Å². The quantitative estimate of drug-likeness (QED) is 0.552. The predicted molar refractivity (Wildman–Crippen MR) is 105 cm³/mol. The van der Waals surface area contributed by atoms with Crippen molar-refractivity contribution in [3.05, 3.63) is 63.6 Å². The topological polar surface area (TPSA) is 30.5 Å². The molecule has 0 aliphatic rings. The highest BCUT2D eigenvalue weighted by Gasteiger charge is 2.08. The van der Waals surface area contributed by atoms with Crippen LogP contribution in [0.4, 0.5) is 0 Å². The molecule has 0 aromatic heterocycles. The second-order valence-electron chi connectivity index (χ2n) is 6.05. The molecule has 136 valence electrons. The molecule has 0 saturated carbocycles. The molecule has 0 amide bonds. The third-order valence-electron chi connectivity index (χ3n) is 3.67. The fraction of sp³-hybridized carbons (Fsp3) is 0.400. The Morgan fingerprint density at radius 2 is 1.72 bits per heavy atom. The molecule has 0 aliphatic heterocycles. The van der Waals surface area contributed by atoms with Gasteiger partial charge in [0.05, 0.1) is 6.10 Å². The average molecular weight is 382 g/mol. The maximum absolute atomic E-state index is 6.20. The van der Waals surface area contributed by atoms with Gasteiger partial charge in [-0.1, -0.05) is 47.5 Å². The summed E-state index contributed by atoms with van der Waals surface area (Å²) in [6.45, 7) is 6.86. The first-order chi connectivity index (χ1) is 12.1. The van der Waals surface area contributed by atoms with E-state index in [4.69, 9.17) is 32.7 Å². The van der Waals surface area contributed by atoms with Crippen LogP contribution in [0.3, 0.4) is 0 Å². The van der Waals surface area contributed by atoms with Crippen LogP contribution in [0.5, 0.6) is 5.75 Å². The molecule has 0 aliphatic carbocycles. The van der Waals surface area contributed by atoms with Gasteiger partial charge in [-0.3, -0.25) is 0 Å². The lowest BCUT2D eigenvalue weighted by molar-refractivity contribution is 0.0770. The summed E-state index contributed by atoms with van der Waals surface area (Å²) in [5.74, 6) is 0.837. The summed E-state index contributed by atoms with van der Waals surface area (Å²) >= 11 is 12.4. The van der Waals surface area contributed by atoms with Crippen molar-refractivity contribution in [1.82, 2.24) is 5.32 Å². The summed E-state index contributed by atoms with van der Waals surface area (Å²) in [4.78, 5) is 0. The molecule has 0 bridgehead atoms. The van der Waals surface area contributed by atoms with Gasteiger partial charge in [-0.15, -0.1) is 0 Å². The molecular formula is C20H25Cl2NO2. The van der Waals surface area contributed by atoms with Crippen molar-refractivity contribution in [2.24, 2.45) is 0 Å². The highest BCUT2D eigenvalue weighted by atomic mass is 35.5. The summed E-state index contributed by atoms with van der Waals surface area (Å²) in [6, 6.07) is 13.5. The largest absolute Gasteiger partial charge is 0.488 e. The van der Waals surface area contributed by atoms with E-state index >= 15 is 0 Å². The van der Waals surface area contributed by atoms with Crippen LogP contribution < -0.4 is 10.1 Å². The second-order valence-corrected chi connectivity index (χ2v) is 6.86. The van der Waals surface area contributed by atoms with Crippen molar-refractivity contribution in [3.8, 4) is 5.75 Å². The highest BCUT2D eigenvalue weighted by Crippen LogP contribution is 2.27. The smallest absolute Gasteiger partial charge is 0.124 e. The third-order valence-corrected chi connectivity index (χ3v) is 4.38. The van der Waals surface area contributed by atoms with Crippen molar-refractivity contribution >= 4 is 23.2 Å². The zero-order valence-corrected chi connectivity index (χ0v) is 16.2. The molecule has 0 saturated heterocycles. The van der Waals surface area contributed by atoms with Gasteiger partial charge in [0.1, 0.15) is 12.4 Å². The fourth-order valence-corrected chi connectivity index (χ4v) is 2.86. The van der Waals surface area contributed by atoms with Crippen LogP contribution in [0.25, 0.3) is 0 Å². The van der Waals surface area contributed by atoms with Gasteiger partial charge >= 0.3 is 0 Å². The number of halogens is 2. The van der Waals surface area contributed by atoms with Gasteiger partial charge in [0.25, 0.3) is 0 Å². The zero-order valence-electron chi connectivity index (χ0n) is 14.7. The minimum atomic E-state index is 0.283. The normalized spacial score (nSPS) is 11.1. The summed E-state index contributed by atoms with van der Waals surface area (Å²) in [5.41, 5.74) is 1.91. The van der Waals surface area contributed by atoms with Crippen LogP contribution in [0.15, 0.2) is 42.5 Å². The first-order valence-electron chi connectivity index (χ1n) is 8.54. The number of para-hydroxylation sites is 1.